The highest BCUT2D eigenvalue weighted by molar-refractivity contribution is 9.10. The van der Waals surface area contributed by atoms with Gasteiger partial charge < -0.3 is 15.3 Å². The molecule has 4 nitrogen and oxygen atoms in total. The second-order valence-electron chi connectivity index (χ2n) is 5.10. The van der Waals surface area contributed by atoms with Crippen LogP contribution in [0.15, 0.2) is 21.4 Å². The Labute approximate surface area is 127 Å². The van der Waals surface area contributed by atoms with Crippen molar-refractivity contribution in [3.63, 3.8) is 0 Å². The fraction of sp³-hybridized carbons (Fsp3) is 0.533. The van der Waals surface area contributed by atoms with Gasteiger partial charge in [-0.1, -0.05) is 49.0 Å². The first-order chi connectivity index (χ1) is 9.65. The second kappa shape index (κ2) is 7.09. The third kappa shape index (κ3) is 3.52. The molecule has 1 atom stereocenters. The van der Waals surface area contributed by atoms with Gasteiger partial charge in [0.05, 0.1) is 11.0 Å². The van der Waals surface area contributed by atoms with Gasteiger partial charge in [-0.15, -0.1) is 0 Å². The highest BCUT2D eigenvalue weighted by atomic mass is 79.9. The van der Waals surface area contributed by atoms with Crippen molar-refractivity contribution < 1.29 is 0 Å². The molecule has 2 aromatic rings. The standard InChI is InChI=1S/C15H22BrN3O/c1-3-5-6-7-12(17-4-2)10-8-13-14(9-11(10)16)19-15(20)18-13/h8-9,12,17H,3-7H2,1-2H3,(H2,18,19,20). The number of imidazole rings is 1. The number of nitrogens with one attached hydrogen (secondary N) is 3. The first-order valence-corrected chi connectivity index (χ1v) is 8.09. The largest absolute Gasteiger partial charge is 0.323 e. The number of H-pyrrole nitrogens is 2. The zero-order valence-corrected chi connectivity index (χ0v) is 13.6. The molecule has 1 heterocycles. The molecule has 0 aliphatic heterocycles. The Kier molecular flexibility index (Phi) is 5.43. The molecule has 5 heteroatoms. The second-order valence-corrected chi connectivity index (χ2v) is 5.96. The smallest absolute Gasteiger partial charge is 0.310 e. The maximum atomic E-state index is 11.4. The lowest BCUT2D eigenvalue weighted by atomic mass is 10.00. The summed E-state index contributed by atoms with van der Waals surface area (Å²) in [5.41, 5.74) is 2.77. The minimum absolute atomic E-state index is 0.157. The van der Waals surface area contributed by atoms with Crippen LogP contribution in [0.3, 0.4) is 0 Å². The van der Waals surface area contributed by atoms with Crippen molar-refractivity contribution in [2.24, 2.45) is 0 Å². The summed E-state index contributed by atoms with van der Waals surface area (Å²) >= 11 is 3.63. The van der Waals surface area contributed by atoms with E-state index in [9.17, 15) is 4.79 Å². The third-order valence-corrected chi connectivity index (χ3v) is 4.24. The van der Waals surface area contributed by atoms with Gasteiger partial charge in [0.2, 0.25) is 0 Å². The van der Waals surface area contributed by atoms with Crippen LogP contribution in [-0.2, 0) is 0 Å². The monoisotopic (exact) mass is 339 g/mol. The van der Waals surface area contributed by atoms with Crippen molar-refractivity contribution in [3.8, 4) is 0 Å². The van der Waals surface area contributed by atoms with E-state index < -0.39 is 0 Å². The molecule has 1 aromatic carbocycles. The minimum Gasteiger partial charge on any atom is -0.310 e. The summed E-state index contributed by atoms with van der Waals surface area (Å²) in [7, 11) is 0. The van der Waals surface area contributed by atoms with Gasteiger partial charge >= 0.3 is 5.69 Å². The van der Waals surface area contributed by atoms with Crippen molar-refractivity contribution >= 4 is 27.0 Å². The van der Waals surface area contributed by atoms with Crippen LogP contribution in [0.2, 0.25) is 0 Å². The number of rotatable bonds is 7. The first kappa shape index (κ1) is 15.3. The van der Waals surface area contributed by atoms with E-state index >= 15 is 0 Å². The zero-order valence-electron chi connectivity index (χ0n) is 12.1. The van der Waals surface area contributed by atoms with Crippen LogP contribution >= 0.6 is 15.9 Å². The molecule has 0 saturated carbocycles. The van der Waals surface area contributed by atoms with Gasteiger partial charge in [0.25, 0.3) is 0 Å². The molecule has 0 bridgehead atoms. The average molecular weight is 340 g/mol. The molecule has 0 radical (unpaired) electrons. The Morgan fingerprint density at radius 1 is 1.20 bits per heavy atom. The van der Waals surface area contributed by atoms with Crippen molar-refractivity contribution in [1.82, 2.24) is 15.3 Å². The summed E-state index contributed by atoms with van der Waals surface area (Å²) in [5.74, 6) is 0. The molecule has 0 aliphatic rings. The number of benzene rings is 1. The molecular formula is C15H22BrN3O. The maximum absolute atomic E-state index is 11.4. The van der Waals surface area contributed by atoms with Gasteiger partial charge in [-0.2, -0.15) is 0 Å². The van der Waals surface area contributed by atoms with E-state index in [4.69, 9.17) is 0 Å². The number of halogens is 1. The van der Waals surface area contributed by atoms with Crippen LogP contribution < -0.4 is 11.0 Å². The average Bonchev–Trinajstić information content (AvgIpc) is 2.76. The van der Waals surface area contributed by atoms with Gasteiger partial charge in [0.1, 0.15) is 0 Å². The molecular weight excluding hydrogens is 318 g/mol. The number of aromatic amines is 2. The van der Waals surface area contributed by atoms with E-state index in [2.05, 4.69) is 51.1 Å². The molecule has 20 heavy (non-hydrogen) atoms. The number of fused-ring (bicyclic) bond motifs is 1. The van der Waals surface area contributed by atoms with E-state index in [-0.39, 0.29) is 5.69 Å². The van der Waals surface area contributed by atoms with Crippen LogP contribution in [0, 0.1) is 0 Å². The van der Waals surface area contributed by atoms with Crippen molar-refractivity contribution in [2.45, 2.75) is 45.6 Å². The normalized spacial score (nSPS) is 12.9. The predicted octanol–water partition coefficient (Wildman–Crippen LogP) is 3.85. The quantitative estimate of drug-likeness (QED) is 0.671. The summed E-state index contributed by atoms with van der Waals surface area (Å²) in [6.45, 7) is 5.27. The van der Waals surface area contributed by atoms with Crippen LogP contribution in [-0.4, -0.2) is 16.5 Å². The summed E-state index contributed by atoms with van der Waals surface area (Å²) in [4.78, 5) is 17.0. The molecule has 0 aliphatic carbocycles. The summed E-state index contributed by atoms with van der Waals surface area (Å²) in [6.07, 6.45) is 4.80. The van der Waals surface area contributed by atoms with Crippen LogP contribution in [0.25, 0.3) is 11.0 Å². The zero-order chi connectivity index (χ0) is 14.5. The topological polar surface area (TPSA) is 60.7 Å². The van der Waals surface area contributed by atoms with E-state index in [0.717, 1.165) is 28.5 Å². The number of unbranched alkanes of at least 4 members (excludes halogenated alkanes) is 2. The van der Waals surface area contributed by atoms with Gasteiger partial charge in [-0.25, -0.2) is 4.79 Å². The SMILES string of the molecule is CCCCCC(NCC)c1cc2[nH]c(=O)[nH]c2cc1Br. The molecule has 3 N–H and O–H groups in total. The van der Waals surface area contributed by atoms with Crippen molar-refractivity contribution in [1.29, 1.82) is 0 Å². The van der Waals surface area contributed by atoms with Crippen LogP contribution in [0.4, 0.5) is 0 Å². The third-order valence-electron chi connectivity index (χ3n) is 3.56. The fourth-order valence-corrected chi connectivity index (χ4v) is 3.17. The van der Waals surface area contributed by atoms with E-state index in [1.807, 2.05) is 6.07 Å². The lowest BCUT2D eigenvalue weighted by Gasteiger charge is -2.20. The van der Waals surface area contributed by atoms with Gasteiger partial charge in [-0.3, -0.25) is 0 Å². The maximum Gasteiger partial charge on any atom is 0.323 e. The molecule has 2 rings (SSSR count). The highest BCUT2D eigenvalue weighted by Crippen LogP contribution is 2.30. The Morgan fingerprint density at radius 3 is 2.55 bits per heavy atom. The Morgan fingerprint density at radius 2 is 1.90 bits per heavy atom. The molecule has 110 valence electrons. The molecule has 1 aromatic heterocycles. The Hall–Kier alpha value is -1.07. The lowest BCUT2D eigenvalue weighted by Crippen LogP contribution is -2.21. The van der Waals surface area contributed by atoms with E-state index in [1.165, 1.54) is 24.8 Å². The van der Waals surface area contributed by atoms with Crippen LogP contribution in [0.5, 0.6) is 0 Å². The van der Waals surface area contributed by atoms with Gasteiger partial charge in [0, 0.05) is 10.5 Å². The summed E-state index contributed by atoms with van der Waals surface area (Å²) in [5, 5.41) is 3.54. The molecule has 1 unspecified atom stereocenters. The van der Waals surface area contributed by atoms with E-state index in [1.54, 1.807) is 0 Å². The van der Waals surface area contributed by atoms with Gasteiger partial charge in [0.15, 0.2) is 0 Å². The number of hydrogen-bond acceptors (Lipinski definition) is 2. The highest BCUT2D eigenvalue weighted by Gasteiger charge is 2.15. The summed E-state index contributed by atoms with van der Waals surface area (Å²) < 4.78 is 1.04. The first-order valence-electron chi connectivity index (χ1n) is 7.30. The minimum atomic E-state index is -0.157. The van der Waals surface area contributed by atoms with E-state index in [0.29, 0.717) is 6.04 Å². The number of hydrogen-bond donors (Lipinski definition) is 3. The van der Waals surface area contributed by atoms with Crippen LogP contribution in [0.1, 0.15) is 51.1 Å². The van der Waals surface area contributed by atoms with Gasteiger partial charge in [-0.05, 0) is 30.7 Å². The Balaban J connectivity index is 2.30. The molecule has 0 amide bonds. The molecule has 0 saturated heterocycles. The molecule has 0 fully saturated rings. The number of aromatic nitrogens is 2. The van der Waals surface area contributed by atoms with Crippen molar-refractivity contribution in [2.75, 3.05) is 6.54 Å². The summed E-state index contributed by atoms with van der Waals surface area (Å²) in [6, 6.07) is 4.37. The fourth-order valence-electron chi connectivity index (χ4n) is 2.55. The van der Waals surface area contributed by atoms with Crippen molar-refractivity contribution in [3.05, 3.63) is 32.7 Å². The Bertz CT molecular complexity index is 617. The predicted molar refractivity (Wildman–Crippen MR) is 87.2 cm³/mol. The lowest BCUT2D eigenvalue weighted by molar-refractivity contribution is 0.485. The molecule has 0 spiro atoms.